The van der Waals surface area contributed by atoms with Crippen molar-refractivity contribution in [3.8, 4) is 11.5 Å². The van der Waals surface area contributed by atoms with Crippen LogP contribution in [-0.2, 0) is 13.0 Å². The third-order valence-electron chi connectivity index (χ3n) is 3.11. The van der Waals surface area contributed by atoms with Gasteiger partial charge in [-0.25, -0.2) is 0 Å². The Morgan fingerprint density at radius 3 is 2.56 bits per heavy atom. The molecule has 16 heavy (non-hydrogen) atoms. The molecule has 1 N–H and O–H groups in total. The highest BCUT2D eigenvalue weighted by atomic mass is 16.5. The van der Waals surface area contributed by atoms with E-state index < -0.39 is 0 Å². The summed E-state index contributed by atoms with van der Waals surface area (Å²) < 4.78 is 10.7. The average molecular weight is 221 g/mol. The summed E-state index contributed by atoms with van der Waals surface area (Å²) in [6, 6.07) is 4.04. The summed E-state index contributed by atoms with van der Waals surface area (Å²) in [6.07, 6.45) is 0.982. The zero-order chi connectivity index (χ0) is 11.8. The van der Waals surface area contributed by atoms with Crippen LogP contribution in [0.25, 0.3) is 0 Å². The maximum Gasteiger partial charge on any atom is 0.126 e. The third-order valence-corrected chi connectivity index (χ3v) is 3.11. The van der Waals surface area contributed by atoms with Gasteiger partial charge in [0, 0.05) is 23.7 Å². The van der Waals surface area contributed by atoms with Gasteiger partial charge in [-0.3, -0.25) is 0 Å². The van der Waals surface area contributed by atoms with Crippen LogP contribution in [0.2, 0.25) is 0 Å². The van der Waals surface area contributed by atoms with Gasteiger partial charge in [-0.1, -0.05) is 0 Å². The molecule has 1 aliphatic heterocycles. The molecule has 1 heterocycles. The maximum atomic E-state index is 5.44. The molecule has 0 amide bonds. The molecule has 1 aromatic carbocycles. The topological polar surface area (TPSA) is 30.5 Å². The van der Waals surface area contributed by atoms with Crippen LogP contribution in [0.15, 0.2) is 12.1 Å². The van der Waals surface area contributed by atoms with Crippen LogP contribution in [-0.4, -0.2) is 19.8 Å². The molecule has 2 rings (SSSR count). The zero-order valence-electron chi connectivity index (χ0n) is 10.4. The van der Waals surface area contributed by atoms with Crippen LogP contribution in [0.3, 0.4) is 0 Å². The quantitative estimate of drug-likeness (QED) is 0.830. The molecule has 0 unspecified atom stereocenters. The number of rotatable bonds is 2. The summed E-state index contributed by atoms with van der Waals surface area (Å²) in [5.41, 5.74) is 2.71. The number of benzene rings is 1. The predicted octanol–water partition coefficient (Wildman–Crippen LogP) is 2.13. The normalized spacial score (nSPS) is 17.8. The fourth-order valence-electron chi connectivity index (χ4n) is 2.17. The first-order valence-corrected chi connectivity index (χ1v) is 5.54. The monoisotopic (exact) mass is 221 g/mol. The summed E-state index contributed by atoms with van der Waals surface area (Å²) >= 11 is 0. The molecule has 88 valence electrons. The van der Waals surface area contributed by atoms with Gasteiger partial charge in [-0.05, 0) is 31.9 Å². The number of nitrogens with one attached hydrogen (secondary N) is 1. The molecular weight excluding hydrogens is 202 g/mol. The van der Waals surface area contributed by atoms with Crippen molar-refractivity contribution in [1.29, 1.82) is 0 Å². The van der Waals surface area contributed by atoms with Gasteiger partial charge < -0.3 is 14.8 Å². The van der Waals surface area contributed by atoms with E-state index in [9.17, 15) is 0 Å². The van der Waals surface area contributed by atoms with Gasteiger partial charge in [0.15, 0.2) is 0 Å². The lowest BCUT2D eigenvalue weighted by Crippen LogP contribution is -2.44. The Bertz CT molecular complexity index is 382. The first-order chi connectivity index (χ1) is 7.55. The van der Waals surface area contributed by atoms with E-state index in [1.54, 1.807) is 14.2 Å². The second-order valence-corrected chi connectivity index (χ2v) is 4.88. The number of methoxy groups -OCH3 is 2. The van der Waals surface area contributed by atoms with E-state index in [0.717, 1.165) is 24.5 Å². The lowest BCUT2D eigenvalue weighted by atomic mass is 9.87. The van der Waals surface area contributed by atoms with Gasteiger partial charge in [0.25, 0.3) is 0 Å². The van der Waals surface area contributed by atoms with Crippen molar-refractivity contribution in [2.45, 2.75) is 32.4 Å². The van der Waals surface area contributed by atoms with Gasteiger partial charge in [-0.15, -0.1) is 0 Å². The van der Waals surface area contributed by atoms with Crippen molar-refractivity contribution in [3.63, 3.8) is 0 Å². The number of hydrogen-bond donors (Lipinski definition) is 1. The Kier molecular flexibility index (Phi) is 2.80. The van der Waals surface area contributed by atoms with Gasteiger partial charge in [0.1, 0.15) is 11.5 Å². The lowest BCUT2D eigenvalue weighted by Gasteiger charge is -2.33. The maximum absolute atomic E-state index is 5.44. The molecule has 1 aromatic rings. The van der Waals surface area contributed by atoms with Crippen LogP contribution in [0.1, 0.15) is 25.0 Å². The third kappa shape index (κ3) is 2.00. The van der Waals surface area contributed by atoms with Crippen molar-refractivity contribution >= 4 is 0 Å². The van der Waals surface area contributed by atoms with Crippen molar-refractivity contribution in [1.82, 2.24) is 5.32 Å². The molecule has 0 aromatic heterocycles. The molecule has 0 saturated carbocycles. The molecule has 0 saturated heterocycles. The predicted molar refractivity (Wildman–Crippen MR) is 64.2 cm³/mol. The fourth-order valence-corrected chi connectivity index (χ4v) is 2.17. The molecule has 3 heteroatoms. The second kappa shape index (κ2) is 3.98. The van der Waals surface area contributed by atoms with E-state index in [1.165, 1.54) is 11.1 Å². The molecule has 3 nitrogen and oxygen atoms in total. The number of hydrogen-bond acceptors (Lipinski definition) is 3. The zero-order valence-corrected chi connectivity index (χ0v) is 10.4. The van der Waals surface area contributed by atoms with E-state index in [2.05, 4.69) is 25.2 Å². The Balaban J connectivity index is 2.46. The largest absolute Gasteiger partial charge is 0.497 e. The Labute approximate surface area is 96.8 Å². The Hall–Kier alpha value is -1.22. The molecule has 0 radical (unpaired) electrons. The number of ether oxygens (including phenoxy) is 2. The molecule has 0 spiro atoms. The van der Waals surface area contributed by atoms with Crippen LogP contribution in [0.5, 0.6) is 11.5 Å². The minimum Gasteiger partial charge on any atom is -0.497 e. The average Bonchev–Trinajstić information content (AvgIpc) is 2.26. The van der Waals surface area contributed by atoms with Crippen molar-refractivity contribution in [2.24, 2.45) is 0 Å². The van der Waals surface area contributed by atoms with Crippen LogP contribution >= 0.6 is 0 Å². The summed E-state index contributed by atoms with van der Waals surface area (Å²) in [6.45, 7) is 5.29. The second-order valence-electron chi connectivity index (χ2n) is 4.88. The summed E-state index contributed by atoms with van der Waals surface area (Å²) in [5, 5.41) is 3.51. The summed E-state index contributed by atoms with van der Waals surface area (Å²) in [5.74, 6) is 1.79. The standard InChI is InChI=1S/C13H19NO2/c1-13(2)7-11-9(8-14-13)5-10(15-3)6-12(11)16-4/h5-6,14H,7-8H2,1-4H3. The number of fused-ring (bicyclic) bond motifs is 1. The van der Waals surface area contributed by atoms with Crippen LogP contribution in [0, 0.1) is 0 Å². The van der Waals surface area contributed by atoms with E-state index in [1.807, 2.05) is 6.07 Å². The van der Waals surface area contributed by atoms with Crippen molar-refractivity contribution in [3.05, 3.63) is 23.3 Å². The van der Waals surface area contributed by atoms with E-state index >= 15 is 0 Å². The van der Waals surface area contributed by atoms with Gasteiger partial charge in [0.2, 0.25) is 0 Å². The minimum atomic E-state index is 0.134. The summed E-state index contributed by atoms with van der Waals surface area (Å²) in [7, 11) is 3.39. The van der Waals surface area contributed by atoms with Crippen molar-refractivity contribution < 1.29 is 9.47 Å². The smallest absolute Gasteiger partial charge is 0.126 e. The molecule has 0 fully saturated rings. The fraction of sp³-hybridized carbons (Fsp3) is 0.538. The highest BCUT2D eigenvalue weighted by Gasteiger charge is 2.27. The highest BCUT2D eigenvalue weighted by molar-refractivity contribution is 5.48. The first-order valence-electron chi connectivity index (χ1n) is 5.54. The van der Waals surface area contributed by atoms with Gasteiger partial charge in [-0.2, -0.15) is 0 Å². The van der Waals surface area contributed by atoms with Crippen LogP contribution < -0.4 is 14.8 Å². The Morgan fingerprint density at radius 2 is 1.94 bits per heavy atom. The van der Waals surface area contributed by atoms with E-state index in [-0.39, 0.29) is 5.54 Å². The van der Waals surface area contributed by atoms with Gasteiger partial charge >= 0.3 is 0 Å². The lowest BCUT2D eigenvalue weighted by molar-refractivity contribution is 0.340. The molecule has 0 aliphatic carbocycles. The molecule has 0 atom stereocenters. The highest BCUT2D eigenvalue weighted by Crippen LogP contribution is 2.34. The van der Waals surface area contributed by atoms with E-state index in [0.29, 0.717) is 0 Å². The molecule has 0 bridgehead atoms. The van der Waals surface area contributed by atoms with E-state index in [4.69, 9.17) is 9.47 Å². The Morgan fingerprint density at radius 1 is 1.19 bits per heavy atom. The van der Waals surface area contributed by atoms with Crippen LogP contribution in [0.4, 0.5) is 0 Å². The SMILES string of the molecule is COc1cc2c(c(OC)c1)CC(C)(C)NC2. The first kappa shape index (κ1) is 11.3. The minimum absolute atomic E-state index is 0.134. The van der Waals surface area contributed by atoms with Crippen molar-refractivity contribution in [2.75, 3.05) is 14.2 Å². The van der Waals surface area contributed by atoms with Gasteiger partial charge in [0.05, 0.1) is 14.2 Å². The molecule has 1 aliphatic rings. The summed E-state index contributed by atoms with van der Waals surface area (Å²) in [4.78, 5) is 0. The molecular formula is C13H19NO2.